The van der Waals surface area contributed by atoms with E-state index in [-0.39, 0.29) is 0 Å². The van der Waals surface area contributed by atoms with E-state index in [1.165, 1.54) is 0 Å². The number of aromatic nitrogens is 3. The van der Waals surface area contributed by atoms with E-state index in [1.807, 2.05) is 44.3 Å². The van der Waals surface area contributed by atoms with Crippen molar-refractivity contribution in [1.29, 1.82) is 0 Å². The summed E-state index contributed by atoms with van der Waals surface area (Å²) in [5.41, 5.74) is 6.50. The molecule has 0 aliphatic heterocycles. The smallest absolute Gasteiger partial charge is 0.100 e. The molecule has 94 valence electrons. The van der Waals surface area contributed by atoms with Crippen molar-refractivity contribution in [2.24, 2.45) is 0 Å². The molecule has 3 rings (SSSR count). The van der Waals surface area contributed by atoms with E-state index in [1.54, 1.807) is 0 Å². The predicted octanol–water partition coefficient (Wildman–Crippen LogP) is 3.76. The van der Waals surface area contributed by atoms with E-state index in [2.05, 4.69) is 33.4 Å². The molecule has 1 N–H and O–H groups in total. The Bertz CT molecular complexity index is 699. The molecule has 0 amide bonds. The van der Waals surface area contributed by atoms with E-state index in [0.717, 1.165) is 33.8 Å². The van der Waals surface area contributed by atoms with Crippen molar-refractivity contribution in [2.45, 2.75) is 13.8 Å². The molecule has 0 atom stereocenters. The number of nitrogens with zero attached hydrogens (tertiary/aromatic N) is 2. The minimum absolute atomic E-state index is 0.990. The highest BCUT2D eigenvalue weighted by Gasteiger charge is 2.14. The largest absolute Gasteiger partial charge is 0.282 e. The zero-order valence-electron chi connectivity index (χ0n) is 11.0. The summed E-state index contributed by atoms with van der Waals surface area (Å²) < 4.78 is 0. The van der Waals surface area contributed by atoms with Gasteiger partial charge >= 0.3 is 0 Å². The molecule has 3 aromatic rings. The Morgan fingerprint density at radius 1 is 0.947 bits per heavy atom. The summed E-state index contributed by atoms with van der Waals surface area (Å²) >= 11 is 0. The highest BCUT2D eigenvalue weighted by molar-refractivity contribution is 5.82. The number of nitrogens with one attached hydrogen (secondary N) is 1. The van der Waals surface area contributed by atoms with Gasteiger partial charge in [-0.2, -0.15) is 5.10 Å². The maximum atomic E-state index is 4.45. The number of hydrogen-bond acceptors (Lipinski definition) is 2. The second-order valence-electron chi connectivity index (χ2n) is 4.62. The van der Waals surface area contributed by atoms with Crippen LogP contribution in [-0.2, 0) is 0 Å². The molecule has 0 spiro atoms. The van der Waals surface area contributed by atoms with Crippen molar-refractivity contribution in [3.63, 3.8) is 0 Å². The first-order valence-electron chi connectivity index (χ1n) is 6.29. The molecule has 19 heavy (non-hydrogen) atoms. The normalized spacial score (nSPS) is 10.6. The molecule has 0 unspecified atom stereocenters. The summed E-state index contributed by atoms with van der Waals surface area (Å²) in [4.78, 5) is 4.25. The molecule has 1 aromatic carbocycles. The number of aromatic amines is 1. The molecule has 0 fully saturated rings. The van der Waals surface area contributed by atoms with Crippen LogP contribution in [0, 0.1) is 13.8 Å². The average Bonchev–Trinajstić information content (AvgIpc) is 2.82. The molecule has 0 saturated heterocycles. The number of rotatable bonds is 2. The van der Waals surface area contributed by atoms with Crippen LogP contribution in [0.5, 0.6) is 0 Å². The summed E-state index contributed by atoms with van der Waals surface area (Å²) in [6.07, 6.45) is 1.84. The number of benzene rings is 1. The molecule has 2 aromatic heterocycles. The second kappa shape index (κ2) is 4.69. The maximum Gasteiger partial charge on any atom is 0.100 e. The molecular weight excluding hydrogens is 234 g/mol. The molecule has 0 saturated carbocycles. The van der Waals surface area contributed by atoms with Crippen LogP contribution in [0.4, 0.5) is 0 Å². The summed E-state index contributed by atoms with van der Waals surface area (Å²) in [6, 6.07) is 14.3. The van der Waals surface area contributed by atoms with Crippen LogP contribution >= 0.6 is 0 Å². The number of H-pyrrole nitrogens is 1. The SMILES string of the molecule is Cc1cc(-c2c(-c3ccccc3)n[nH]c2C)ccn1. The van der Waals surface area contributed by atoms with Crippen LogP contribution < -0.4 is 0 Å². The Labute approximate surface area is 112 Å². The lowest BCUT2D eigenvalue weighted by atomic mass is 10.00. The first kappa shape index (κ1) is 11.7. The monoisotopic (exact) mass is 249 g/mol. The van der Waals surface area contributed by atoms with E-state index < -0.39 is 0 Å². The summed E-state index contributed by atoms with van der Waals surface area (Å²) in [7, 11) is 0. The van der Waals surface area contributed by atoms with Crippen LogP contribution in [-0.4, -0.2) is 15.2 Å². The minimum atomic E-state index is 0.990. The van der Waals surface area contributed by atoms with Gasteiger partial charge in [0.1, 0.15) is 5.69 Å². The predicted molar refractivity (Wildman–Crippen MR) is 76.7 cm³/mol. The zero-order valence-corrected chi connectivity index (χ0v) is 11.0. The summed E-state index contributed by atoms with van der Waals surface area (Å²) in [6.45, 7) is 4.05. The van der Waals surface area contributed by atoms with Crippen molar-refractivity contribution in [1.82, 2.24) is 15.2 Å². The molecule has 2 heterocycles. The van der Waals surface area contributed by atoms with Crippen molar-refractivity contribution < 1.29 is 0 Å². The minimum Gasteiger partial charge on any atom is -0.282 e. The van der Waals surface area contributed by atoms with Crippen LogP contribution in [0.25, 0.3) is 22.4 Å². The van der Waals surface area contributed by atoms with Gasteiger partial charge in [-0.1, -0.05) is 30.3 Å². The zero-order chi connectivity index (χ0) is 13.2. The van der Waals surface area contributed by atoms with Gasteiger partial charge in [0.25, 0.3) is 0 Å². The van der Waals surface area contributed by atoms with Crippen molar-refractivity contribution >= 4 is 0 Å². The maximum absolute atomic E-state index is 4.45. The van der Waals surface area contributed by atoms with Gasteiger partial charge in [0.15, 0.2) is 0 Å². The topological polar surface area (TPSA) is 41.6 Å². The molecule has 0 aliphatic carbocycles. The van der Waals surface area contributed by atoms with Crippen LogP contribution in [0.15, 0.2) is 48.7 Å². The highest BCUT2D eigenvalue weighted by atomic mass is 15.1. The van der Waals surface area contributed by atoms with Gasteiger partial charge in [-0.15, -0.1) is 0 Å². The Morgan fingerprint density at radius 2 is 1.74 bits per heavy atom. The van der Waals surface area contributed by atoms with Gasteiger partial charge < -0.3 is 0 Å². The molecule has 0 radical (unpaired) electrons. The fourth-order valence-electron chi connectivity index (χ4n) is 2.29. The second-order valence-corrected chi connectivity index (χ2v) is 4.62. The van der Waals surface area contributed by atoms with Crippen LogP contribution in [0.2, 0.25) is 0 Å². The van der Waals surface area contributed by atoms with Gasteiger partial charge in [0, 0.05) is 28.7 Å². The molecule has 0 bridgehead atoms. The molecular formula is C16H15N3. The van der Waals surface area contributed by atoms with Crippen LogP contribution in [0.3, 0.4) is 0 Å². The van der Waals surface area contributed by atoms with Gasteiger partial charge in [-0.3, -0.25) is 10.1 Å². The Kier molecular flexibility index (Phi) is 2.88. The number of aryl methyl sites for hydroxylation is 2. The van der Waals surface area contributed by atoms with Gasteiger partial charge in [-0.05, 0) is 31.5 Å². The van der Waals surface area contributed by atoms with Crippen LogP contribution in [0.1, 0.15) is 11.4 Å². The van der Waals surface area contributed by atoms with Crippen molar-refractivity contribution in [3.05, 3.63) is 60.0 Å². The van der Waals surface area contributed by atoms with E-state index in [9.17, 15) is 0 Å². The Morgan fingerprint density at radius 3 is 2.47 bits per heavy atom. The Balaban J connectivity index is 2.20. The third-order valence-electron chi connectivity index (χ3n) is 3.18. The summed E-state index contributed by atoms with van der Waals surface area (Å²) in [5.74, 6) is 0. The van der Waals surface area contributed by atoms with Gasteiger partial charge in [-0.25, -0.2) is 0 Å². The molecule has 0 aliphatic rings. The van der Waals surface area contributed by atoms with E-state index in [0.29, 0.717) is 0 Å². The quantitative estimate of drug-likeness (QED) is 0.751. The fourth-order valence-corrected chi connectivity index (χ4v) is 2.29. The lowest BCUT2D eigenvalue weighted by Crippen LogP contribution is -1.86. The van der Waals surface area contributed by atoms with E-state index >= 15 is 0 Å². The third kappa shape index (κ3) is 2.15. The van der Waals surface area contributed by atoms with Gasteiger partial charge in [0.2, 0.25) is 0 Å². The van der Waals surface area contributed by atoms with Gasteiger partial charge in [0.05, 0.1) is 0 Å². The first-order chi connectivity index (χ1) is 9.25. The van der Waals surface area contributed by atoms with Crippen molar-refractivity contribution in [3.8, 4) is 22.4 Å². The fraction of sp³-hybridized carbons (Fsp3) is 0.125. The van der Waals surface area contributed by atoms with Crippen molar-refractivity contribution in [2.75, 3.05) is 0 Å². The third-order valence-corrected chi connectivity index (χ3v) is 3.18. The molecule has 3 heteroatoms. The Hall–Kier alpha value is -2.42. The standard InChI is InChI=1S/C16H15N3/c1-11-10-14(8-9-17-11)15-12(2)18-19-16(15)13-6-4-3-5-7-13/h3-10H,1-2H3,(H,18,19). The summed E-state index contributed by atoms with van der Waals surface area (Å²) in [5, 5.41) is 7.53. The highest BCUT2D eigenvalue weighted by Crippen LogP contribution is 2.32. The lowest BCUT2D eigenvalue weighted by molar-refractivity contribution is 1.05. The number of hydrogen-bond donors (Lipinski definition) is 1. The first-order valence-corrected chi connectivity index (χ1v) is 6.29. The molecule has 3 nitrogen and oxygen atoms in total. The number of pyridine rings is 1. The lowest BCUT2D eigenvalue weighted by Gasteiger charge is -2.05. The van der Waals surface area contributed by atoms with E-state index in [4.69, 9.17) is 0 Å². The average molecular weight is 249 g/mol.